The molecule has 2 aromatic rings. The van der Waals surface area contributed by atoms with Gasteiger partial charge in [0.05, 0.1) is 23.8 Å². The number of nitrogens with zero attached hydrogens (tertiary/aromatic N) is 2. The third kappa shape index (κ3) is 3.69. The van der Waals surface area contributed by atoms with E-state index < -0.39 is 0 Å². The Hall–Kier alpha value is -1.69. The first-order chi connectivity index (χ1) is 11.6. The van der Waals surface area contributed by atoms with Gasteiger partial charge in [0, 0.05) is 17.9 Å². The molecule has 1 fully saturated rings. The lowest BCUT2D eigenvalue weighted by Crippen LogP contribution is -2.41. The molecule has 0 saturated carbocycles. The number of aromatic nitrogens is 1. The lowest BCUT2D eigenvalue weighted by molar-refractivity contribution is -0.133. The number of furan rings is 1. The van der Waals surface area contributed by atoms with Crippen molar-refractivity contribution in [3.05, 3.63) is 41.2 Å². The average Bonchev–Trinajstić information content (AvgIpc) is 3.19. The summed E-state index contributed by atoms with van der Waals surface area (Å²) in [6, 6.07) is 3.93. The Kier molecular flexibility index (Phi) is 5.33. The lowest BCUT2D eigenvalue weighted by Gasteiger charge is -2.37. The minimum Gasteiger partial charge on any atom is -0.467 e. The Bertz CT molecular complexity index is 661. The highest BCUT2D eigenvalue weighted by Crippen LogP contribution is 2.34. The van der Waals surface area contributed by atoms with Gasteiger partial charge in [-0.15, -0.1) is 11.8 Å². The van der Waals surface area contributed by atoms with Gasteiger partial charge in [0.1, 0.15) is 11.5 Å². The van der Waals surface area contributed by atoms with E-state index >= 15 is 0 Å². The number of likely N-dealkylation sites (tertiary alicyclic amines) is 1. The maximum Gasteiger partial charge on any atom is 0.233 e. The van der Waals surface area contributed by atoms with Gasteiger partial charge in [-0.05, 0) is 44.7 Å². The summed E-state index contributed by atoms with van der Waals surface area (Å²) in [4.78, 5) is 14.7. The topological polar surface area (TPSA) is 59.5 Å². The van der Waals surface area contributed by atoms with Crippen molar-refractivity contribution in [1.29, 1.82) is 0 Å². The summed E-state index contributed by atoms with van der Waals surface area (Å²) in [5.74, 6) is 3.75. The van der Waals surface area contributed by atoms with Crippen molar-refractivity contribution in [2.24, 2.45) is 5.92 Å². The molecule has 0 N–H and O–H groups in total. The molecule has 1 aliphatic heterocycles. The van der Waals surface area contributed by atoms with Crippen LogP contribution in [0.3, 0.4) is 0 Å². The average molecular weight is 348 g/mol. The normalized spacial score (nSPS) is 21.2. The zero-order valence-corrected chi connectivity index (χ0v) is 15.3. The zero-order valence-electron chi connectivity index (χ0n) is 14.4. The van der Waals surface area contributed by atoms with Gasteiger partial charge in [-0.1, -0.05) is 12.1 Å². The highest BCUT2D eigenvalue weighted by Gasteiger charge is 2.32. The van der Waals surface area contributed by atoms with Gasteiger partial charge >= 0.3 is 0 Å². The summed E-state index contributed by atoms with van der Waals surface area (Å²) in [7, 11) is 0. The zero-order chi connectivity index (χ0) is 17.1. The van der Waals surface area contributed by atoms with E-state index in [0.717, 1.165) is 47.9 Å². The fourth-order valence-corrected chi connectivity index (χ4v) is 4.28. The highest BCUT2D eigenvalue weighted by molar-refractivity contribution is 7.99. The van der Waals surface area contributed by atoms with Gasteiger partial charge in [0.15, 0.2) is 0 Å². The molecule has 1 amide bonds. The smallest absolute Gasteiger partial charge is 0.233 e. The van der Waals surface area contributed by atoms with Crippen LogP contribution in [0.5, 0.6) is 0 Å². The van der Waals surface area contributed by atoms with Crippen molar-refractivity contribution >= 4 is 17.7 Å². The highest BCUT2D eigenvalue weighted by atomic mass is 32.2. The predicted molar refractivity (Wildman–Crippen MR) is 93.7 cm³/mol. The summed E-state index contributed by atoms with van der Waals surface area (Å²) >= 11 is 1.62. The molecular weight excluding hydrogens is 324 g/mol. The standard InChI is InChI=1S/C18H24N2O3S/c1-12-6-7-20(16(9-12)17-5-4-8-22-17)18(21)11-24-10-15-13(2)19-23-14(15)3/h4-5,8,12,16H,6-7,9-11H2,1-3H3/t12-,16-/m0/s1. The molecule has 0 spiro atoms. The molecule has 3 heterocycles. The molecule has 24 heavy (non-hydrogen) atoms. The largest absolute Gasteiger partial charge is 0.467 e. The van der Waals surface area contributed by atoms with Crippen LogP contribution < -0.4 is 0 Å². The van der Waals surface area contributed by atoms with Gasteiger partial charge in [-0.25, -0.2) is 0 Å². The monoisotopic (exact) mass is 348 g/mol. The molecule has 1 saturated heterocycles. The molecule has 0 aliphatic carbocycles. The van der Waals surface area contributed by atoms with Crippen molar-refractivity contribution in [3.63, 3.8) is 0 Å². The number of hydrogen-bond donors (Lipinski definition) is 0. The number of carbonyl (C=O) groups is 1. The Morgan fingerprint density at radius 1 is 1.46 bits per heavy atom. The fourth-order valence-electron chi connectivity index (χ4n) is 3.22. The van der Waals surface area contributed by atoms with Gasteiger partial charge < -0.3 is 13.8 Å². The van der Waals surface area contributed by atoms with Gasteiger partial charge in [-0.3, -0.25) is 4.79 Å². The molecular formula is C18H24N2O3S. The van der Waals surface area contributed by atoms with E-state index in [2.05, 4.69) is 12.1 Å². The first kappa shape index (κ1) is 17.1. The molecule has 2 atom stereocenters. The van der Waals surface area contributed by atoms with E-state index in [0.29, 0.717) is 11.7 Å². The summed E-state index contributed by atoms with van der Waals surface area (Å²) in [5, 5.41) is 3.96. The Labute approximate surface area is 146 Å². The molecule has 0 radical (unpaired) electrons. The van der Waals surface area contributed by atoms with Crippen molar-refractivity contribution < 1.29 is 13.7 Å². The van der Waals surface area contributed by atoms with E-state index in [1.165, 1.54) is 0 Å². The molecule has 130 valence electrons. The van der Waals surface area contributed by atoms with Crippen LogP contribution in [-0.4, -0.2) is 28.3 Å². The minimum atomic E-state index is 0.0657. The molecule has 1 aliphatic rings. The molecule has 6 heteroatoms. The number of rotatable bonds is 5. The van der Waals surface area contributed by atoms with Crippen molar-refractivity contribution in [1.82, 2.24) is 10.1 Å². The Morgan fingerprint density at radius 2 is 2.29 bits per heavy atom. The third-order valence-electron chi connectivity index (χ3n) is 4.71. The van der Waals surface area contributed by atoms with Crippen LogP contribution in [0, 0.1) is 19.8 Å². The molecule has 2 aromatic heterocycles. The van der Waals surface area contributed by atoms with Gasteiger partial charge in [0.25, 0.3) is 0 Å². The van der Waals surface area contributed by atoms with E-state index in [-0.39, 0.29) is 11.9 Å². The molecule has 0 unspecified atom stereocenters. The second-order valence-electron chi connectivity index (χ2n) is 6.54. The molecule has 5 nitrogen and oxygen atoms in total. The summed E-state index contributed by atoms with van der Waals surface area (Å²) < 4.78 is 10.8. The first-order valence-electron chi connectivity index (χ1n) is 8.38. The van der Waals surface area contributed by atoms with E-state index in [1.807, 2.05) is 30.9 Å². The summed E-state index contributed by atoms with van der Waals surface area (Å²) in [5.41, 5.74) is 2.01. The summed E-state index contributed by atoms with van der Waals surface area (Å²) in [6.45, 7) is 6.89. The number of aryl methyl sites for hydroxylation is 2. The van der Waals surface area contributed by atoms with Crippen molar-refractivity contribution in [3.8, 4) is 0 Å². The maximum absolute atomic E-state index is 12.7. The SMILES string of the molecule is Cc1noc(C)c1CSCC(=O)N1CC[C@H](C)C[C@H]1c1ccco1. The Balaban J connectivity index is 1.60. The quantitative estimate of drug-likeness (QED) is 0.813. The van der Waals surface area contributed by atoms with Crippen molar-refractivity contribution in [2.75, 3.05) is 12.3 Å². The van der Waals surface area contributed by atoms with Gasteiger partial charge in [0.2, 0.25) is 5.91 Å². The van der Waals surface area contributed by atoms with Crippen LogP contribution in [0.25, 0.3) is 0 Å². The number of amides is 1. The number of carbonyl (C=O) groups excluding carboxylic acids is 1. The maximum atomic E-state index is 12.7. The van der Waals surface area contributed by atoms with Crippen LogP contribution in [0.1, 0.15) is 48.6 Å². The molecule has 0 bridgehead atoms. The minimum absolute atomic E-state index is 0.0657. The molecule has 0 aromatic carbocycles. The number of thioether (sulfide) groups is 1. The third-order valence-corrected chi connectivity index (χ3v) is 5.65. The predicted octanol–water partition coefficient (Wildman–Crippen LogP) is 4.12. The fraction of sp³-hybridized carbons (Fsp3) is 0.556. The second kappa shape index (κ2) is 7.47. The van der Waals surface area contributed by atoms with Crippen molar-refractivity contribution in [2.45, 2.75) is 45.4 Å². The van der Waals surface area contributed by atoms with Gasteiger partial charge in [-0.2, -0.15) is 0 Å². The van der Waals surface area contributed by atoms with E-state index in [9.17, 15) is 4.79 Å². The lowest BCUT2D eigenvalue weighted by atomic mass is 9.91. The first-order valence-corrected chi connectivity index (χ1v) is 9.54. The van der Waals surface area contributed by atoms with Crippen LogP contribution >= 0.6 is 11.8 Å². The van der Waals surface area contributed by atoms with Crippen LogP contribution in [0.2, 0.25) is 0 Å². The van der Waals surface area contributed by atoms with E-state index in [1.54, 1.807) is 18.0 Å². The number of hydrogen-bond acceptors (Lipinski definition) is 5. The summed E-state index contributed by atoms with van der Waals surface area (Å²) in [6.07, 6.45) is 3.70. The van der Waals surface area contributed by atoms with Crippen LogP contribution in [-0.2, 0) is 10.5 Å². The Morgan fingerprint density at radius 3 is 2.96 bits per heavy atom. The molecule has 3 rings (SSSR count). The second-order valence-corrected chi connectivity index (χ2v) is 7.53. The van der Waals surface area contributed by atoms with E-state index in [4.69, 9.17) is 8.94 Å². The van der Waals surface area contributed by atoms with Crippen LogP contribution in [0.15, 0.2) is 27.3 Å². The number of piperidine rings is 1. The van der Waals surface area contributed by atoms with Crippen LogP contribution in [0.4, 0.5) is 0 Å².